The minimum atomic E-state index is 0.436. The van der Waals surface area contributed by atoms with Gasteiger partial charge in [-0.1, -0.05) is 11.2 Å². The number of rotatable bonds is 7. The van der Waals surface area contributed by atoms with Crippen LogP contribution in [-0.4, -0.2) is 51.1 Å². The summed E-state index contributed by atoms with van der Waals surface area (Å²) in [6.07, 6.45) is 7.15. The number of hydrogen-bond acceptors (Lipinski definition) is 7. The molecule has 0 bridgehead atoms. The monoisotopic (exact) mass is 425 g/mol. The SMILES string of the molecule is CCNC(=NCCc1noc(-c2ccccn2)n1)N(C)Cc1nc2c(s1)CCCC2. The molecule has 1 N–H and O–H groups in total. The summed E-state index contributed by atoms with van der Waals surface area (Å²) in [5.41, 5.74) is 1.98. The summed E-state index contributed by atoms with van der Waals surface area (Å²) < 4.78 is 5.32. The molecule has 3 aromatic rings. The second-order valence-corrected chi connectivity index (χ2v) is 8.43. The van der Waals surface area contributed by atoms with Crippen molar-refractivity contribution >= 4 is 17.3 Å². The van der Waals surface area contributed by atoms with E-state index in [9.17, 15) is 0 Å². The van der Waals surface area contributed by atoms with Crippen molar-refractivity contribution < 1.29 is 4.52 Å². The molecule has 8 nitrogen and oxygen atoms in total. The zero-order chi connectivity index (χ0) is 20.8. The molecule has 0 atom stereocenters. The molecule has 0 aromatic carbocycles. The molecule has 1 aliphatic carbocycles. The van der Waals surface area contributed by atoms with Crippen molar-refractivity contribution in [1.29, 1.82) is 0 Å². The fraction of sp³-hybridized carbons (Fsp3) is 0.476. The van der Waals surface area contributed by atoms with Crippen molar-refractivity contribution in [3.63, 3.8) is 0 Å². The van der Waals surface area contributed by atoms with Crippen LogP contribution in [0.15, 0.2) is 33.9 Å². The molecule has 0 saturated heterocycles. The van der Waals surface area contributed by atoms with E-state index in [-0.39, 0.29) is 0 Å². The van der Waals surface area contributed by atoms with Gasteiger partial charge >= 0.3 is 0 Å². The first-order valence-electron chi connectivity index (χ1n) is 10.4. The van der Waals surface area contributed by atoms with E-state index in [1.54, 1.807) is 6.20 Å². The smallest absolute Gasteiger partial charge is 0.276 e. The summed E-state index contributed by atoms with van der Waals surface area (Å²) in [5, 5.41) is 8.57. The molecule has 0 fully saturated rings. The fourth-order valence-corrected chi connectivity index (χ4v) is 4.64. The summed E-state index contributed by atoms with van der Waals surface area (Å²) in [4.78, 5) is 21.8. The van der Waals surface area contributed by atoms with Gasteiger partial charge < -0.3 is 14.7 Å². The Hall–Kier alpha value is -2.81. The minimum absolute atomic E-state index is 0.436. The largest absolute Gasteiger partial charge is 0.357 e. The van der Waals surface area contributed by atoms with Crippen LogP contribution in [0.3, 0.4) is 0 Å². The molecule has 9 heteroatoms. The van der Waals surface area contributed by atoms with Crippen LogP contribution in [0.4, 0.5) is 0 Å². The third kappa shape index (κ3) is 5.02. The Morgan fingerprint density at radius 1 is 1.27 bits per heavy atom. The predicted molar refractivity (Wildman–Crippen MR) is 117 cm³/mol. The predicted octanol–water partition coefficient (Wildman–Crippen LogP) is 3.11. The number of aromatic nitrogens is 4. The van der Waals surface area contributed by atoms with Crippen LogP contribution >= 0.6 is 11.3 Å². The van der Waals surface area contributed by atoms with Gasteiger partial charge in [-0.3, -0.25) is 9.98 Å². The fourth-order valence-electron chi connectivity index (χ4n) is 3.43. The Kier molecular flexibility index (Phi) is 6.68. The quantitative estimate of drug-likeness (QED) is 0.459. The van der Waals surface area contributed by atoms with Gasteiger partial charge in [0.15, 0.2) is 11.8 Å². The van der Waals surface area contributed by atoms with Crippen molar-refractivity contribution in [3.8, 4) is 11.6 Å². The van der Waals surface area contributed by atoms with Crippen LogP contribution in [0.5, 0.6) is 0 Å². The van der Waals surface area contributed by atoms with Crippen molar-refractivity contribution in [1.82, 2.24) is 30.3 Å². The highest BCUT2D eigenvalue weighted by molar-refractivity contribution is 7.11. The van der Waals surface area contributed by atoms with Crippen LogP contribution in [0.25, 0.3) is 11.6 Å². The molecule has 0 saturated carbocycles. The van der Waals surface area contributed by atoms with Gasteiger partial charge in [0.2, 0.25) is 0 Å². The number of thiazole rings is 1. The van der Waals surface area contributed by atoms with Crippen LogP contribution in [-0.2, 0) is 25.8 Å². The Morgan fingerprint density at radius 3 is 2.97 bits per heavy atom. The molecule has 158 valence electrons. The maximum atomic E-state index is 5.32. The number of nitrogens with zero attached hydrogens (tertiary/aromatic N) is 6. The molecule has 0 spiro atoms. The summed E-state index contributed by atoms with van der Waals surface area (Å²) in [6.45, 7) is 4.21. The topological polar surface area (TPSA) is 92.3 Å². The second-order valence-electron chi connectivity index (χ2n) is 7.26. The zero-order valence-corrected chi connectivity index (χ0v) is 18.3. The number of hydrogen-bond donors (Lipinski definition) is 1. The van der Waals surface area contributed by atoms with Crippen molar-refractivity contribution in [3.05, 3.63) is 45.8 Å². The summed E-state index contributed by atoms with van der Waals surface area (Å²) in [6, 6.07) is 5.60. The van der Waals surface area contributed by atoms with Crippen LogP contribution in [0, 0.1) is 0 Å². The van der Waals surface area contributed by atoms with Crippen molar-refractivity contribution in [2.75, 3.05) is 20.1 Å². The van der Waals surface area contributed by atoms with E-state index in [2.05, 4.69) is 39.3 Å². The van der Waals surface area contributed by atoms with Gasteiger partial charge in [-0.2, -0.15) is 4.98 Å². The first kappa shape index (κ1) is 20.5. The highest BCUT2D eigenvalue weighted by Gasteiger charge is 2.17. The van der Waals surface area contributed by atoms with E-state index in [0.717, 1.165) is 30.5 Å². The number of pyridine rings is 1. The van der Waals surface area contributed by atoms with Crippen molar-refractivity contribution in [2.24, 2.45) is 4.99 Å². The normalized spacial score (nSPS) is 13.9. The van der Waals surface area contributed by atoms with Gasteiger partial charge in [0.1, 0.15) is 10.7 Å². The first-order valence-corrected chi connectivity index (χ1v) is 11.3. The van der Waals surface area contributed by atoms with E-state index < -0.39 is 0 Å². The number of aryl methyl sites for hydroxylation is 2. The lowest BCUT2D eigenvalue weighted by Crippen LogP contribution is -2.38. The maximum absolute atomic E-state index is 5.32. The highest BCUT2D eigenvalue weighted by atomic mass is 32.1. The molecular formula is C21H27N7OS. The average Bonchev–Trinajstić information content (AvgIpc) is 3.40. The van der Waals surface area contributed by atoms with Crippen LogP contribution in [0.2, 0.25) is 0 Å². The molecular weight excluding hydrogens is 398 g/mol. The Labute approximate surface area is 180 Å². The number of nitrogens with one attached hydrogen (secondary N) is 1. The third-order valence-corrected chi connectivity index (χ3v) is 6.05. The molecule has 3 heterocycles. The lowest BCUT2D eigenvalue weighted by molar-refractivity contribution is 0.421. The summed E-state index contributed by atoms with van der Waals surface area (Å²) >= 11 is 1.85. The van der Waals surface area contributed by atoms with E-state index in [4.69, 9.17) is 14.5 Å². The Bertz CT molecular complexity index is 959. The van der Waals surface area contributed by atoms with Gasteiger partial charge in [0.25, 0.3) is 5.89 Å². The van der Waals surface area contributed by atoms with Crippen molar-refractivity contribution in [2.45, 2.75) is 45.6 Å². The van der Waals surface area contributed by atoms with Crippen LogP contribution < -0.4 is 5.32 Å². The lowest BCUT2D eigenvalue weighted by atomic mass is 10.0. The number of aliphatic imine (C=N–C) groups is 1. The van der Waals surface area contributed by atoms with Crippen LogP contribution in [0.1, 0.15) is 41.2 Å². The molecule has 0 amide bonds. The van der Waals surface area contributed by atoms with Gasteiger partial charge in [0.05, 0.1) is 12.2 Å². The van der Waals surface area contributed by atoms with Gasteiger partial charge in [0, 0.05) is 37.6 Å². The molecule has 0 unspecified atom stereocenters. The van der Waals surface area contributed by atoms with Gasteiger partial charge in [-0.25, -0.2) is 4.98 Å². The minimum Gasteiger partial charge on any atom is -0.357 e. The maximum Gasteiger partial charge on any atom is 0.276 e. The third-order valence-electron chi connectivity index (χ3n) is 4.91. The molecule has 1 aliphatic rings. The lowest BCUT2D eigenvalue weighted by Gasteiger charge is -2.20. The number of guanidine groups is 1. The van der Waals surface area contributed by atoms with E-state index in [0.29, 0.717) is 30.4 Å². The standard InChI is InChI=1S/C21H27N7OS/c1-3-22-21(28(2)14-19-25-15-8-4-5-10-17(15)30-19)24-13-11-18-26-20(29-27-18)16-9-6-7-12-23-16/h6-7,9,12H,3-5,8,10-11,13-14H2,1-2H3,(H,22,24). The molecule has 30 heavy (non-hydrogen) atoms. The highest BCUT2D eigenvalue weighted by Crippen LogP contribution is 2.27. The van der Waals surface area contributed by atoms with E-state index in [1.165, 1.54) is 29.8 Å². The molecule has 0 aliphatic heterocycles. The molecule has 0 radical (unpaired) electrons. The Morgan fingerprint density at radius 2 is 2.17 bits per heavy atom. The first-order chi connectivity index (χ1) is 14.7. The van der Waals surface area contributed by atoms with E-state index >= 15 is 0 Å². The van der Waals surface area contributed by atoms with Gasteiger partial charge in [-0.15, -0.1) is 11.3 Å². The molecule has 4 rings (SSSR count). The second kappa shape index (κ2) is 9.80. The zero-order valence-electron chi connectivity index (χ0n) is 17.5. The Balaban J connectivity index is 1.36. The molecule has 3 aromatic heterocycles. The number of fused-ring (bicyclic) bond motifs is 1. The van der Waals surface area contributed by atoms with E-state index in [1.807, 2.05) is 29.5 Å². The average molecular weight is 426 g/mol. The summed E-state index contributed by atoms with van der Waals surface area (Å²) in [7, 11) is 2.05. The summed E-state index contributed by atoms with van der Waals surface area (Å²) in [5.74, 6) is 1.93. The van der Waals surface area contributed by atoms with Gasteiger partial charge in [-0.05, 0) is 44.7 Å².